The van der Waals surface area contributed by atoms with E-state index in [0.29, 0.717) is 11.8 Å². The molecule has 6 nitrogen and oxygen atoms in total. The second kappa shape index (κ2) is 5.05. The summed E-state index contributed by atoms with van der Waals surface area (Å²) in [5, 5.41) is 0. The first kappa shape index (κ1) is 12.2. The van der Waals surface area contributed by atoms with Gasteiger partial charge in [0.2, 0.25) is 11.8 Å². The maximum Gasteiger partial charge on any atom is 0.215 e. The normalized spacial score (nSPS) is 16.3. The summed E-state index contributed by atoms with van der Waals surface area (Å²) in [5.74, 6) is 1.12. The average molecular weight is 261 g/mol. The molecule has 0 unspecified atom stereocenters. The van der Waals surface area contributed by atoms with E-state index in [-0.39, 0.29) is 0 Å². The van der Waals surface area contributed by atoms with Crippen LogP contribution in [0.5, 0.6) is 5.88 Å². The van der Waals surface area contributed by atoms with Crippen LogP contribution in [0.2, 0.25) is 0 Å². The van der Waals surface area contributed by atoms with E-state index in [0.717, 1.165) is 24.3 Å². The molecule has 1 aliphatic rings. The molecular formula is C13H19N5O. The number of imidazole rings is 1. The lowest BCUT2D eigenvalue weighted by Crippen LogP contribution is -2.24. The molecule has 102 valence electrons. The molecule has 1 saturated heterocycles. The number of nitrogens with two attached hydrogens (primary N) is 1. The predicted molar refractivity (Wildman–Crippen MR) is 74.2 cm³/mol. The molecule has 0 spiro atoms. The molecule has 6 heteroatoms. The maximum absolute atomic E-state index is 5.98. The zero-order valence-corrected chi connectivity index (χ0v) is 11.2. The van der Waals surface area contributed by atoms with Gasteiger partial charge >= 0.3 is 0 Å². The van der Waals surface area contributed by atoms with Crippen LogP contribution in [0.25, 0.3) is 11.2 Å². The van der Waals surface area contributed by atoms with E-state index in [1.807, 2.05) is 10.6 Å². The van der Waals surface area contributed by atoms with E-state index in [9.17, 15) is 0 Å². The Morgan fingerprint density at radius 1 is 1.21 bits per heavy atom. The van der Waals surface area contributed by atoms with Crippen molar-refractivity contribution in [2.24, 2.45) is 0 Å². The van der Waals surface area contributed by atoms with Crippen molar-refractivity contribution in [2.45, 2.75) is 19.4 Å². The van der Waals surface area contributed by atoms with Gasteiger partial charge in [-0.15, -0.1) is 0 Å². The average Bonchev–Trinajstić information content (AvgIpc) is 3.03. The third-order valence-electron chi connectivity index (χ3n) is 3.64. The molecule has 3 rings (SSSR count). The van der Waals surface area contributed by atoms with Crippen LogP contribution in [0, 0.1) is 0 Å². The van der Waals surface area contributed by atoms with Gasteiger partial charge in [0.25, 0.3) is 0 Å². The Morgan fingerprint density at radius 3 is 2.74 bits per heavy atom. The molecule has 0 bridgehead atoms. The lowest BCUT2D eigenvalue weighted by Gasteiger charge is -2.15. The Kier molecular flexibility index (Phi) is 3.25. The highest BCUT2D eigenvalue weighted by atomic mass is 16.5. The van der Waals surface area contributed by atoms with E-state index in [4.69, 9.17) is 10.5 Å². The SMILES string of the molecule is COc1ccc2nc(N)n(CCN3CCCC3)c2n1. The van der Waals surface area contributed by atoms with Crippen molar-refractivity contribution in [1.29, 1.82) is 0 Å². The van der Waals surface area contributed by atoms with Crippen LogP contribution in [0.1, 0.15) is 12.8 Å². The van der Waals surface area contributed by atoms with Crippen molar-refractivity contribution in [3.8, 4) is 5.88 Å². The Bertz CT molecular complexity index is 574. The van der Waals surface area contributed by atoms with Gasteiger partial charge in [-0.2, -0.15) is 4.98 Å². The number of aromatic nitrogens is 3. The lowest BCUT2D eigenvalue weighted by molar-refractivity contribution is 0.324. The summed E-state index contributed by atoms with van der Waals surface area (Å²) in [7, 11) is 1.61. The number of hydrogen-bond acceptors (Lipinski definition) is 5. The Morgan fingerprint density at radius 2 is 2.00 bits per heavy atom. The number of nitrogen functional groups attached to an aromatic ring is 1. The highest BCUT2D eigenvalue weighted by Gasteiger charge is 2.14. The van der Waals surface area contributed by atoms with Crippen LogP contribution in [0.3, 0.4) is 0 Å². The Balaban J connectivity index is 1.85. The Hall–Kier alpha value is -1.82. The van der Waals surface area contributed by atoms with Crippen molar-refractivity contribution >= 4 is 17.1 Å². The quantitative estimate of drug-likeness (QED) is 0.893. The summed E-state index contributed by atoms with van der Waals surface area (Å²) in [6.07, 6.45) is 2.60. The van der Waals surface area contributed by atoms with Crippen LogP contribution in [-0.2, 0) is 6.54 Å². The van der Waals surface area contributed by atoms with Gasteiger partial charge in [-0.1, -0.05) is 0 Å². The number of ether oxygens (including phenoxy) is 1. The first-order chi connectivity index (χ1) is 9.28. The second-order valence-corrected chi connectivity index (χ2v) is 4.87. The lowest BCUT2D eigenvalue weighted by atomic mass is 10.4. The van der Waals surface area contributed by atoms with Crippen molar-refractivity contribution in [3.63, 3.8) is 0 Å². The third kappa shape index (κ3) is 2.35. The highest BCUT2D eigenvalue weighted by molar-refractivity contribution is 5.74. The number of likely N-dealkylation sites (tertiary alicyclic amines) is 1. The summed E-state index contributed by atoms with van der Waals surface area (Å²) in [6.45, 7) is 4.18. The van der Waals surface area contributed by atoms with Gasteiger partial charge in [-0.05, 0) is 32.0 Å². The van der Waals surface area contributed by atoms with Crippen LogP contribution < -0.4 is 10.5 Å². The molecule has 1 fully saturated rings. The van der Waals surface area contributed by atoms with E-state index < -0.39 is 0 Å². The molecule has 0 saturated carbocycles. The zero-order valence-electron chi connectivity index (χ0n) is 11.2. The number of pyridine rings is 1. The second-order valence-electron chi connectivity index (χ2n) is 4.87. The molecule has 3 heterocycles. The van der Waals surface area contributed by atoms with Crippen LogP contribution in [-0.4, -0.2) is 46.2 Å². The fourth-order valence-electron chi connectivity index (χ4n) is 2.58. The maximum atomic E-state index is 5.98. The molecule has 0 atom stereocenters. The Labute approximate surface area is 112 Å². The number of nitrogens with zero attached hydrogens (tertiary/aromatic N) is 4. The molecule has 0 aromatic carbocycles. The first-order valence-electron chi connectivity index (χ1n) is 6.67. The molecule has 2 aromatic rings. The van der Waals surface area contributed by atoms with Crippen LogP contribution >= 0.6 is 0 Å². The summed E-state index contributed by atoms with van der Waals surface area (Å²) in [6, 6.07) is 3.70. The van der Waals surface area contributed by atoms with E-state index >= 15 is 0 Å². The van der Waals surface area contributed by atoms with Gasteiger partial charge in [0.15, 0.2) is 5.65 Å². The summed E-state index contributed by atoms with van der Waals surface area (Å²) in [4.78, 5) is 11.2. The van der Waals surface area contributed by atoms with E-state index in [1.165, 1.54) is 25.9 Å². The van der Waals surface area contributed by atoms with E-state index in [2.05, 4.69) is 14.9 Å². The molecule has 1 aliphatic heterocycles. The minimum absolute atomic E-state index is 0.523. The van der Waals surface area contributed by atoms with Crippen molar-refractivity contribution in [2.75, 3.05) is 32.5 Å². The monoisotopic (exact) mass is 261 g/mol. The summed E-state index contributed by atoms with van der Waals surface area (Å²) < 4.78 is 7.13. The fourth-order valence-corrected chi connectivity index (χ4v) is 2.58. The third-order valence-corrected chi connectivity index (χ3v) is 3.64. The number of anilines is 1. The van der Waals surface area contributed by atoms with Crippen LogP contribution in [0.15, 0.2) is 12.1 Å². The zero-order chi connectivity index (χ0) is 13.2. The minimum Gasteiger partial charge on any atom is -0.481 e. The summed E-state index contributed by atoms with van der Waals surface area (Å²) in [5.41, 5.74) is 7.60. The number of methoxy groups -OCH3 is 1. The van der Waals surface area contributed by atoms with Gasteiger partial charge in [-0.25, -0.2) is 4.98 Å². The topological polar surface area (TPSA) is 69.2 Å². The van der Waals surface area contributed by atoms with Gasteiger partial charge in [-0.3, -0.25) is 4.57 Å². The predicted octanol–water partition coefficient (Wildman–Crippen LogP) is 1.12. The smallest absolute Gasteiger partial charge is 0.215 e. The largest absolute Gasteiger partial charge is 0.481 e. The van der Waals surface area contributed by atoms with Gasteiger partial charge in [0, 0.05) is 19.2 Å². The highest BCUT2D eigenvalue weighted by Crippen LogP contribution is 2.19. The minimum atomic E-state index is 0.523. The number of fused-ring (bicyclic) bond motifs is 1. The molecule has 19 heavy (non-hydrogen) atoms. The van der Waals surface area contributed by atoms with Gasteiger partial charge < -0.3 is 15.4 Å². The standard InChI is InChI=1S/C13H19N5O/c1-19-11-5-4-10-12(16-11)18(13(14)15-10)9-8-17-6-2-3-7-17/h4-5H,2-3,6-9H2,1H3,(H2,14,15). The molecule has 0 amide bonds. The molecular weight excluding hydrogens is 242 g/mol. The molecule has 0 aliphatic carbocycles. The van der Waals surface area contributed by atoms with Crippen molar-refractivity contribution in [1.82, 2.24) is 19.4 Å². The van der Waals surface area contributed by atoms with Crippen molar-refractivity contribution in [3.05, 3.63) is 12.1 Å². The first-order valence-corrected chi connectivity index (χ1v) is 6.67. The van der Waals surface area contributed by atoms with Gasteiger partial charge in [0.05, 0.1) is 7.11 Å². The fraction of sp³-hybridized carbons (Fsp3) is 0.538. The van der Waals surface area contributed by atoms with Crippen molar-refractivity contribution < 1.29 is 4.74 Å². The molecule has 2 aromatic heterocycles. The van der Waals surface area contributed by atoms with E-state index in [1.54, 1.807) is 13.2 Å². The summed E-state index contributed by atoms with van der Waals surface area (Å²) >= 11 is 0. The molecule has 2 N–H and O–H groups in total. The number of rotatable bonds is 4. The molecule has 0 radical (unpaired) electrons. The number of hydrogen-bond donors (Lipinski definition) is 1. The van der Waals surface area contributed by atoms with Crippen LogP contribution in [0.4, 0.5) is 5.95 Å². The van der Waals surface area contributed by atoms with Gasteiger partial charge in [0.1, 0.15) is 5.52 Å².